The molecule has 4 heteroatoms. The van der Waals surface area contributed by atoms with Gasteiger partial charge in [-0.1, -0.05) is 12.8 Å². The molecule has 0 aromatic carbocycles. The predicted molar refractivity (Wildman–Crippen MR) is 82.5 cm³/mol. The van der Waals surface area contributed by atoms with Crippen molar-refractivity contribution < 1.29 is 9.53 Å². The Labute approximate surface area is 126 Å². The van der Waals surface area contributed by atoms with Crippen molar-refractivity contribution in [3.63, 3.8) is 0 Å². The molecular formula is C17H24N2O2. The maximum Gasteiger partial charge on any atom is 0.339 e. The second-order valence-electron chi connectivity index (χ2n) is 6.07. The fraction of sp³-hybridized carbons (Fsp3) is 0.647. The molecule has 0 amide bonds. The number of nitrogens with zero attached hydrogens (tertiary/aromatic N) is 2. The maximum atomic E-state index is 11.7. The molecule has 21 heavy (non-hydrogen) atoms. The van der Waals surface area contributed by atoms with Gasteiger partial charge in [0.05, 0.1) is 12.2 Å². The lowest BCUT2D eigenvalue weighted by Gasteiger charge is -2.44. The van der Waals surface area contributed by atoms with Gasteiger partial charge in [0.1, 0.15) is 5.82 Å². The summed E-state index contributed by atoms with van der Waals surface area (Å²) >= 11 is 0. The largest absolute Gasteiger partial charge is 0.462 e. The fourth-order valence-corrected chi connectivity index (χ4v) is 3.80. The van der Waals surface area contributed by atoms with E-state index < -0.39 is 0 Å². The number of anilines is 1. The van der Waals surface area contributed by atoms with Gasteiger partial charge in [-0.15, -0.1) is 0 Å². The molecule has 2 unspecified atom stereocenters. The summed E-state index contributed by atoms with van der Waals surface area (Å²) < 4.78 is 5.01. The molecule has 1 aliphatic carbocycles. The van der Waals surface area contributed by atoms with Crippen molar-refractivity contribution in [3.8, 4) is 0 Å². The molecule has 1 aromatic rings. The summed E-state index contributed by atoms with van der Waals surface area (Å²) in [5.41, 5.74) is 0.540. The van der Waals surface area contributed by atoms with Crippen molar-refractivity contribution >= 4 is 11.8 Å². The summed E-state index contributed by atoms with van der Waals surface area (Å²) in [7, 11) is 0. The highest BCUT2D eigenvalue weighted by atomic mass is 16.5. The van der Waals surface area contributed by atoms with Crippen LogP contribution in [0.3, 0.4) is 0 Å². The SMILES string of the molecule is CCOC(=O)c1ccc(N2CCCC3CCCCC32)nc1. The first kappa shape index (κ1) is 14.4. The number of hydrogen-bond acceptors (Lipinski definition) is 4. The first-order valence-corrected chi connectivity index (χ1v) is 8.19. The molecule has 1 aliphatic heterocycles. The number of carbonyl (C=O) groups is 1. The number of aromatic nitrogens is 1. The summed E-state index contributed by atoms with van der Waals surface area (Å²) in [6.07, 6.45) is 9.63. The van der Waals surface area contributed by atoms with Crippen molar-refractivity contribution in [2.75, 3.05) is 18.1 Å². The second kappa shape index (κ2) is 6.46. The summed E-state index contributed by atoms with van der Waals surface area (Å²) in [4.78, 5) is 18.7. The van der Waals surface area contributed by atoms with E-state index in [1.54, 1.807) is 6.20 Å². The molecule has 3 rings (SSSR count). The number of ether oxygens (including phenoxy) is 1. The molecule has 4 nitrogen and oxygen atoms in total. The van der Waals surface area contributed by atoms with Gasteiger partial charge in [0.15, 0.2) is 0 Å². The zero-order valence-corrected chi connectivity index (χ0v) is 12.8. The van der Waals surface area contributed by atoms with Crippen LogP contribution in [0.25, 0.3) is 0 Å². The zero-order chi connectivity index (χ0) is 14.7. The summed E-state index contributed by atoms with van der Waals surface area (Å²) in [6, 6.07) is 4.46. The minimum atomic E-state index is -0.286. The normalized spacial score (nSPS) is 25.3. The topological polar surface area (TPSA) is 42.4 Å². The predicted octanol–water partition coefficient (Wildman–Crippen LogP) is 3.42. The molecule has 0 radical (unpaired) electrons. The number of carbonyl (C=O) groups excluding carboxylic acids is 1. The van der Waals surface area contributed by atoms with Crippen LogP contribution in [0, 0.1) is 5.92 Å². The molecule has 2 aliphatic rings. The Balaban J connectivity index is 1.75. The van der Waals surface area contributed by atoms with Crippen LogP contribution in [-0.4, -0.2) is 30.1 Å². The lowest BCUT2D eigenvalue weighted by Crippen LogP contribution is -2.47. The molecule has 0 N–H and O–H groups in total. The number of pyridine rings is 1. The third-order valence-corrected chi connectivity index (χ3v) is 4.80. The van der Waals surface area contributed by atoms with Gasteiger partial charge < -0.3 is 9.64 Å². The van der Waals surface area contributed by atoms with Crippen LogP contribution in [0.1, 0.15) is 55.8 Å². The van der Waals surface area contributed by atoms with Crippen molar-refractivity contribution in [3.05, 3.63) is 23.9 Å². The standard InChI is InChI=1S/C17H24N2O2/c1-2-21-17(20)14-9-10-16(18-12-14)19-11-5-7-13-6-3-4-8-15(13)19/h9-10,12-13,15H,2-8,11H2,1H3. The monoisotopic (exact) mass is 288 g/mol. The molecule has 1 aromatic heterocycles. The van der Waals surface area contributed by atoms with E-state index in [9.17, 15) is 4.79 Å². The van der Waals surface area contributed by atoms with E-state index in [4.69, 9.17) is 4.74 Å². The Morgan fingerprint density at radius 1 is 1.29 bits per heavy atom. The van der Waals surface area contributed by atoms with Crippen molar-refractivity contribution in [1.82, 2.24) is 4.98 Å². The average molecular weight is 288 g/mol. The number of hydrogen-bond donors (Lipinski definition) is 0. The molecule has 2 atom stereocenters. The van der Waals surface area contributed by atoms with Gasteiger partial charge in [0.2, 0.25) is 0 Å². The zero-order valence-electron chi connectivity index (χ0n) is 12.8. The van der Waals surface area contributed by atoms with Gasteiger partial charge in [-0.25, -0.2) is 9.78 Å². The molecule has 2 fully saturated rings. The van der Waals surface area contributed by atoms with E-state index in [1.807, 2.05) is 19.1 Å². The van der Waals surface area contributed by atoms with Crippen LogP contribution < -0.4 is 4.90 Å². The molecule has 1 saturated carbocycles. The highest BCUT2D eigenvalue weighted by Gasteiger charge is 2.33. The van der Waals surface area contributed by atoms with Gasteiger partial charge in [-0.3, -0.25) is 0 Å². The molecule has 0 spiro atoms. The van der Waals surface area contributed by atoms with Gasteiger partial charge in [0, 0.05) is 18.8 Å². The van der Waals surface area contributed by atoms with Crippen molar-refractivity contribution in [2.24, 2.45) is 5.92 Å². The molecule has 0 bridgehead atoms. The minimum Gasteiger partial charge on any atom is -0.462 e. The van der Waals surface area contributed by atoms with Crippen LogP contribution in [0.15, 0.2) is 18.3 Å². The maximum absolute atomic E-state index is 11.7. The van der Waals surface area contributed by atoms with Crippen LogP contribution in [0.4, 0.5) is 5.82 Å². The summed E-state index contributed by atoms with van der Waals surface area (Å²) in [5, 5.41) is 0. The third kappa shape index (κ3) is 3.04. The summed E-state index contributed by atoms with van der Waals surface area (Å²) in [5.74, 6) is 1.56. The van der Waals surface area contributed by atoms with E-state index in [1.165, 1.54) is 38.5 Å². The highest BCUT2D eigenvalue weighted by Crippen LogP contribution is 2.37. The number of rotatable bonds is 3. The van der Waals surface area contributed by atoms with Crippen LogP contribution in [0.2, 0.25) is 0 Å². The minimum absolute atomic E-state index is 0.286. The smallest absolute Gasteiger partial charge is 0.339 e. The highest BCUT2D eigenvalue weighted by molar-refractivity contribution is 5.89. The van der Waals surface area contributed by atoms with E-state index >= 15 is 0 Å². The lowest BCUT2D eigenvalue weighted by molar-refractivity contribution is 0.0526. The molecular weight excluding hydrogens is 264 g/mol. The van der Waals surface area contributed by atoms with Gasteiger partial charge in [-0.05, 0) is 50.7 Å². The quantitative estimate of drug-likeness (QED) is 0.799. The Hall–Kier alpha value is -1.58. The Morgan fingerprint density at radius 2 is 2.10 bits per heavy atom. The van der Waals surface area contributed by atoms with E-state index in [0.717, 1.165) is 18.3 Å². The molecule has 1 saturated heterocycles. The Bertz CT molecular complexity index is 484. The Morgan fingerprint density at radius 3 is 2.86 bits per heavy atom. The van der Waals surface area contributed by atoms with E-state index in [-0.39, 0.29) is 5.97 Å². The third-order valence-electron chi connectivity index (χ3n) is 4.80. The molecule has 114 valence electrons. The van der Waals surface area contributed by atoms with E-state index in [0.29, 0.717) is 18.2 Å². The van der Waals surface area contributed by atoms with Gasteiger partial charge >= 0.3 is 5.97 Å². The second-order valence-corrected chi connectivity index (χ2v) is 6.07. The first-order chi connectivity index (χ1) is 10.3. The summed E-state index contributed by atoms with van der Waals surface area (Å²) in [6.45, 7) is 3.31. The van der Waals surface area contributed by atoms with Gasteiger partial charge in [-0.2, -0.15) is 0 Å². The van der Waals surface area contributed by atoms with Gasteiger partial charge in [0.25, 0.3) is 0 Å². The first-order valence-electron chi connectivity index (χ1n) is 8.19. The van der Waals surface area contributed by atoms with E-state index in [2.05, 4.69) is 9.88 Å². The van der Waals surface area contributed by atoms with Crippen molar-refractivity contribution in [2.45, 2.75) is 51.5 Å². The van der Waals surface area contributed by atoms with Crippen LogP contribution in [0.5, 0.6) is 0 Å². The number of piperidine rings is 1. The van der Waals surface area contributed by atoms with Crippen LogP contribution >= 0.6 is 0 Å². The van der Waals surface area contributed by atoms with Crippen LogP contribution in [-0.2, 0) is 4.74 Å². The number of esters is 1. The fourth-order valence-electron chi connectivity index (χ4n) is 3.80. The number of fused-ring (bicyclic) bond motifs is 1. The van der Waals surface area contributed by atoms with Crippen molar-refractivity contribution in [1.29, 1.82) is 0 Å². The average Bonchev–Trinajstić information content (AvgIpc) is 2.55. The Kier molecular flexibility index (Phi) is 4.42. The lowest BCUT2D eigenvalue weighted by atomic mass is 9.78. The molecule has 2 heterocycles.